The largest absolute Gasteiger partial charge is 0.366 e. The molecular weight excluding hydrogens is 332 g/mol. The number of anilines is 1. The lowest BCUT2D eigenvalue weighted by molar-refractivity contribution is 0.1000. The number of carbonyl (C=O) groups excluding carboxylic acids is 1. The molecule has 0 atom stereocenters. The summed E-state index contributed by atoms with van der Waals surface area (Å²) in [5, 5.41) is 3.93. The summed E-state index contributed by atoms with van der Waals surface area (Å²) in [6, 6.07) is 8.47. The molecule has 0 spiro atoms. The summed E-state index contributed by atoms with van der Waals surface area (Å²) in [5.41, 5.74) is 5.65. The minimum atomic E-state index is -3.80. The van der Waals surface area contributed by atoms with Gasteiger partial charge in [0.2, 0.25) is 5.91 Å². The lowest BCUT2D eigenvalue weighted by Crippen LogP contribution is -2.15. The van der Waals surface area contributed by atoms with E-state index in [1.54, 1.807) is 12.1 Å². The molecule has 0 unspecified atom stereocenters. The smallest absolute Gasteiger partial charge is 0.261 e. The van der Waals surface area contributed by atoms with E-state index < -0.39 is 15.9 Å². The molecule has 0 saturated heterocycles. The van der Waals surface area contributed by atoms with Crippen molar-refractivity contribution in [1.82, 2.24) is 19.7 Å². The van der Waals surface area contributed by atoms with Crippen molar-refractivity contribution < 1.29 is 13.2 Å². The summed E-state index contributed by atoms with van der Waals surface area (Å²) in [6.45, 7) is 0. The van der Waals surface area contributed by atoms with Crippen molar-refractivity contribution in [2.45, 2.75) is 4.90 Å². The van der Waals surface area contributed by atoms with Crippen molar-refractivity contribution >= 4 is 21.6 Å². The zero-order valence-electron chi connectivity index (χ0n) is 12.2. The number of carbonyl (C=O) groups is 1. The van der Waals surface area contributed by atoms with E-state index >= 15 is 0 Å². The van der Waals surface area contributed by atoms with E-state index in [2.05, 4.69) is 19.8 Å². The van der Waals surface area contributed by atoms with E-state index in [0.717, 1.165) is 0 Å². The molecule has 0 aliphatic heterocycles. The highest BCUT2D eigenvalue weighted by atomic mass is 32.2. The van der Waals surface area contributed by atoms with Gasteiger partial charge in [-0.3, -0.25) is 9.52 Å². The number of hydrogen-bond donors (Lipinski definition) is 2. The van der Waals surface area contributed by atoms with Crippen molar-refractivity contribution in [3.63, 3.8) is 0 Å². The van der Waals surface area contributed by atoms with E-state index in [4.69, 9.17) is 5.73 Å². The van der Waals surface area contributed by atoms with Gasteiger partial charge in [0, 0.05) is 5.56 Å². The molecule has 3 N–H and O–H groups in total. The van der Waals surface area contributed by atoms with Gasteiger partial charge < -0.3 is 5.73 Å². The summed E-state index contributed by atoms with van der Waals surface area (Å²) in [7, 11) is -3.80. The van der Waals surface area contributed by atoms with Crippen LogP contribution in [0.1, 0.15) is 10.4 Å². The first-order valence-electron chi connectivity index (χ1n) is 6.69. The Labute approximate surface area is 137 Å². The molecule has 1 amide bonds. The molecule has 122 valence electrons. The fourth-order valence-corrected chi connectivity index (χ4v) is 2.96. The van der Waals surface area contributed by atoms with Crippen LogP contribution in [0, 0.1) is 0 Å². The number of nitrogens with one attached hydrogen (secondary N) is 1. The van der Waals surface area contributed by atoms with Crippen molar-refractivity contribution in [1.29, 1.82) is 0 Å². The number of nitrogens with two attached hydrogens (primary N) is 1. The first-order chi connectivity index (χ1) is 11.5. The van der Waals surface area contributed by atoms with E-state index in [1.807, 2.05) is 0 Å². The Hall–Kier alpha value is -3.27. The predicted molar refractivity (Wildman–Crippen MR) is 84.9 cm³/mol. The Morgan fingerprint density at radius 3 is 2.42 bits per heavy atom. The molecular formula is C14H12N6O3S. The SMILES string of the molecule is NC(=O)c1ccc(S(=O)(=O)Nc2ccc(-n3cncn3)nc2)cc1. The van der Waals surface area contributed by atoms with Gasteiger partial charge in [0.25, 0.3) is 10.0 Å². The highest BCUT2D eigenvalue weighted by Crippen LogP contribution is 2.16. The number of primary amides is 1. The first-order valence-corrected chi connectivity index (χ1v) is 8.18. The predicted octanol–water partition coefficient (Wildman–Crippen LogP) is 0.562. The van der Waals surface area contributed by atoms with Crippen LogP contribution in [-0.4, -0.2) is 34.1 Å². The number of pyridine rings is 1. The number of hydrogen-bond acceptors (Lipinski definition) is 6. The maximum atomic E-state index is 12.3. The van der Waals surface area contributed by atoms with Gasteiger partial charge in [0.05, 0.1) is 16.8 Å². The van der Waals surface area contributed by atoms with Crippen LogP contribution in [0.3, 0.4) is 0 Å². The summed E-state index contributed by atoms with van der Waals surface area (Å²) < 4.78 is 28.5. The Kier molecular flexibility index (Phi) is 3.96. The maximum Gasteiger partial charge on any atom is 0.261 e. The van der Waals surface area contributed by atoms with Gasteiger partial charge in [-0.05, 0) is 36.4 Å². The Morgan fingerprint density at radius 1 is 1.12 bits per heavy atom. The van der Waals surface area contributed by atoms with E-state index in [-0.39, 0.29) is 16.1 Å². The molecule has 3 aromatic rings. The van der Waals surface area contributed by atoms with Crippen molar-refractivity contribution in [2.24, 2.45) is 5.73 Å². The van der Waals surface area contributed by atoms with Crippen LogP contribution >= 0.6 is 0 Å². The van der Waals surface area contributed by atoms with Crippen LogP contribution in [0.25, 0.3) is 5.82 Å². The van der Waals surface area contributed by atoms with Gasteiger partial charge in [-0.15, -0.1) is 0 Å². The molecule has 0 aliphatic rings. The van der Waals surface area contributed by atoms with Gasteiger partial charge in [-0.1, -0.05) is 0 Å². The van der Waals surface area contributed by atoms with Crippen LogP contribution in [0.5, 0.6) is 0 Å². The van der Waals surface area contributed by atoms with Gasteiger partial charge >= 0.3 is 0 Å². The second-order valence-electron chi connectivity index (χ2n) is 4.74. The van der Waals surface area contributed by atoms with Crippen molar-refractivity contribution in [3.05, 3.63) is 60.8 Å². The third kappa shape index (κ3) is 3.22. The van der Waals surface area contributed by atoms with Crippen LogP contribution in [0.15, 0.2) is 60.1 Å². The molecule has 2 aromatic heterocycles. The molecule has 0 fully saturated rings. The van der Waals surface area contributed by atoms with Crippen LogP contribution < -0.4 is 10.5 Å². The Bertz CT molecular complexity index is 951. The summed E-state index contributed by atoms with van der Waals surface area (Å²) in [4.78, 5) is 18.9. The summed E-state index contributed by atoms with van der Waals surface area (Å²) in [5.74, 6) is -0.124. The summed E-state index contributed by atoms with van der Waals surface area (Å²) >= 11 is 0. The van der Waals surface area contributed by atoms with Gasteiger partial charge in [-0.25, -0.2) is 23.1 Å². The van der Waals surface area contributed by atoms with E-state index in [0.29, 0.717) is 5.82 Å². The summed E-state index contributed by atoms with van der Waals surface area (Å²) in [6.07, 6.45) is 4.22. The number of rotatable bonds is 5. The standard InChI is InChI=1S/C14H12N6O3S/c15-14(21)10-1-4-12(5-2-10)24(22,23)19-11-3-6-13(17-7-11)20-9-16-8-18-20/h1-9,19H,(H2,15,21). The molecule has 24 heavy (non-hydrogen) atoms. The maximum absolute atomic E-state index is 12.3. The number of nitrogens with zero attached hydrogens (tertiary/aromatic N) is 4. The van der Waals surface area contributed by atoms with E-state index in [9.17, 15) is 13.2 Å². The highest BCUT2D eigenvalue weighted by Gasteiger charge is 2.15. The molecule has 3 rings (SSSR count). The molecule has 0 radical (unpaired) electrons. The lowest BCUT2D eigenvalue weighted by Gasteiger charge is -2.08. The third-order valence-electron chi connectivity index (χ3n) is 3.10. The van der Waals surface area contributed by atoms with Crippen LogP contribution in [0.4, 0.5) is 5.69 Å². The van der Waals surface area contributed by atoms with Gasteiger partial charge in [0.1, 0.15) is 12.7 Å². The lowest BCUT2D eigenvalue weighted by atomic mass is 10.2. The van der Waals surface area contributed by atoms with Crippen LogP contribution in [0.2, 0.25) is 0 Å². The number of aromatic nitrogens is 4. The van der Waals surface area contributed by atoms with Gasteiger partial charge in [-0.2, -0.15) is 5.10 Å². The quantitative estimate of drug-likeness (QED) is 0.695. The highest BCUT2D eigenvalue weighted by molar-refractivity contribution is 7.92. The third-order valence-corrected chi connectivity index (χ3v) is 4.50. The molecule has 9 nitrogen and oxygen atoms in total. The number of benzene rings is 1. The molecule has 2 heterocycles. The first kappa shape index (κ1) is 15.6. The fourth-order valence-electron chi connectivity index (χ4n) is 1.92. The van der Waals surface area contributed by atoms with Gasteiger partial charge in [0.15, 0.2) is 5.82 Å². The average Bonchev–Trinajstić information content (AvgIpc) is 3.10. The second-order valence-corrected chi connectivity index (χ2v) is 6.42. The number of amides is 1. The Balaban J connectivity index is 1.80. The molecule has 0 bridgehead atoms. The zero-order valence-corrected chi connectivity index (χ0v) is 13.0. The zero-order chi connectivity index (χ0) is 17.2. The van der Waals surface area contributed by atoms with Crippen molar-refractivity contribution in [3.8, 4) is 5.82 Å². The molecule has 0 aliphatic carbocycles. The minimum Gasteiger partial charge on any atom is -0.366 e. The van der Waals surface area contributed by atoms with Crippen molar-refractivity contribution in [2.75, 3.05) is 4.72 Å². The van der Waals surface area contributed by atoms with Crippen LogP contribution in [-0.2, 0) is 10.0 Å². The Morgan fingerprint density at radius 2 is 1.88 bits per heavy atom. The topological polar surface area (TPSA) is 133 Å². The fraction of sp³-hybridized carbons (Fsp3) is 0. The molecule has 10 heteroatoms. The number of sulfonamides is 1. The van der Waals surface area contributed by atoms with E-state index in [1.165, 1.54) is 47.8 Å². The minimum absolute atomic E-state index is 0.00727. The molecule has 1 aromatic carbocycles. The average molecular weight is 344 g/mol. The second kappa shape index (κ2) is 6.08. The monoisotopic (exact) mass is 344 g/mol. The molecule has 0 saturated carbocycles. The normalized spacial score (nSPS) is 11.2.